The van der Waals surface area contributed by atoms with Crippen LogP contribution in [-0.4, -0.2) is 37.5 Å². The molecule has 13 heteroatoms. The molecular weight excluding hydrogens is 971 g/mol. The SMILES string of the molecule is C#COC.CONC(=O)c1ccc2c(c1)N=C(c1cccc(Br)c1)c1ccccc1S2.Nc1ccc(CNC(=O)c2ccc3c(c2)N=C(c2cccc(Br)c2)c2ccccc2S3)cc1. The zero-order valence-corrected chi connectivity index (χ0v) is 39.3. The molecular formula is C51H39Br2N5O4S2. The van der Waals surface area contributed by atoms with E-state index in [1.807, 2.05) is 115 Å². The van der Waals surface area contributed by atoms with Gasteiger partial charge in [-0.15, -0.1) is 0 Å². The summed E-state index contributed by atoms with van der Waals surface area (Å²) >= 11 is 10.4. The molecule has 0 atom stereocenters. The molecule has 2 heterocycles. The van der Waals surface area contributed by atoms with E-state index in [9.17, 15) is 9.59 Å². The van der Waals surface area contributed by atoms with Crippen molar-refractivity contribution < 1.29 is 19.2 Å². The monoisotopic (exact) mass is 1010 g/mol. The standard InChI is InChI=1S/C27H20BrN3OS.C21H15BrN2O2S.C3H4O/c28-20-5-3-4-18(14-20)26-22-6-1-2-7-24(22)33-25-13-10-19(15-23(25)31-26)27(32)30-16-17-8-11-21(29)12-9-17;1-26-24-21(25)14-9-10-19-17(12-14)23-20(13-5-4-6-15(22)11-13)16-7-2-3-8-18(16)27-19;1-3-4-2/h1-15H,16,29H2,(H,30,32);2-12H,1H3,(H,24,25);1H,2H3. The summed E-state index contributed by atoms with van der Waals surface area (Å²) in [5, 5.41) is 2.98. The maximum absolute atomic E-state index is 12.9. The lowest BCUT2D eigenvalue weighted by molar-refractivity contribution is 0.0537. The lowest BCUT2D eigenvalue weighted by Crippen LogP contribution is -2.22. The number of ether oxygens (including phenoxy) is 1. The lowest BCUT2D eigenvalue weighted by Gasteiger charge is -2.09. The molecule has 318 valence electrons. The van der Waals surface area contributed by atoms with Crippen molar-refractivity contribution in [2.45, 2.75) is 26.1 Å². The predicted octanol–water partition coefficient (Wildman–Crippen LogP) is 12.2. The van der Waals surface area contributed by atoms with Crippen LogP contribution in [-0.2, 0) is 16.1 Å². The molecule has 0 radical (unpaired) electrons. The number of nitrogens with zero attached hydrogens (tertiary/aromatic N) is 2. The highest BCUT2D eigenvalue weighted by molar-refractivity contribution is 9.10. The van der Waals surface area contributed by atoms with Crippen LogP contribution < -0.4 is 16.5 Å². The second kappa shape index (κ2) is 21.8. The summed E-state index contributed by atoms with van der Waals surface area (Å²) in [6.07, 6.45) is 6.49. The number of methoxy groups -OCH3 is 1. The number of benzene rings is 7. The number of hydroxylamine groups is 1. The highest BCUT2D eigenvalue weighted by Gasteiger charge is 2.22. The fourth-order valence-electron chi connectivity index (χ4n) is 6.55. The maximum atomic E-state index is 12.9. The third-order valence-corrected chi connectivity index (χ3v) is 12.8. The Kier molecular flexibility index (Phi) is 15.5. The van der Waals surface area contributed by atoms with E-state index in [2.05, 4.69) is 90.2 Å². The number of fused-ring (bicyclic) bond motifs is 4. The van der Waals surface area contributed by atoms with Crippen molar-refractivity contribution in [2.24, 2.45) is 9.98 Å². The zero-order valence-electron chi connectivity index (χ0n) is 34.5. The molecule has 0 fully saturated rings. The van der Waals surface area contributed by atoms with Gasteiger partial charge in [0.2, 0.25) is 0 Å². The number of terminal acetylenes is 1. The first-order valence-corrected chi connectivity index (χ1v) is 22.8. The van der Waals surface area contributed by atoms with Crippen LogP contribution >= 0.6 is 55.4 Å². The molecule has 9 rings (SSSR count). The van der Waals surface area contributed by atoms with Crippen LogP contribution in [0.15, 0.2) is 196 Å². The van der Waals surface area contributed by atoms with E-state index in [0.717, 1.165) is 79.1 Å². The van der Waals surface area contributed by atoms with E-state index in [1.165, 1.54) is 14.2 Å². The van der Waals surface area contributed by atoms with Gasteiger partial charge in [-0.1, -0.05) is 135 Å². The van der Waals surface area contributed by atoms with Gasteiger partial charge >= 0.3 is 0 Å². The summed E-state index contributed by atoms with van der Waals surface area (Å²) in [6, 6.07) is 51.3. The van der Waals surface area contributed by atoms with Crippen LogP contribution in [0.5, 0.6) is 0 Å². The molecule has 64 heavy (non-hydrogen) atoms. The van der Waals surface area contributed by atoms with Gasteiger partial charge in [-0.05, 0) is 90.5 Å². The Hall–Kier alpha value is -6.40. The highest BCUT2D eigenvalue weighted by Crippen LogP contribution is 2.43. The number of amides is 2. The maximum Gasteiger partial charge on any atom is 0.274 e. The average Bonchev–Trinajstić information content (AvgIpc) is 3.59. The first-order valence-electron chi connectivity index (χ1n) is 19.6. The second-order valence-electron chi connectivity index (χ2n) is 13.9. The van der Waals surface area contributed by atoms with Crippen molar-refractivity contribution >= 4 is 95.7 Å². The molecule has 0 aliphatic carbocycles. The predicted molar refractivity (Wildman–Crippen MR) is 265 cm³/mol. The minimum Gasteiger partial charge on any atom is -0.450 e. The molecule has 0 spiro atoms. The Morgan fingerprint density at radius 1 is 0.625 bits per heavy atom. The molecule has 2 aliphatic heterocycles. The van der Waals surface area contributed by atoms with Crippen molar-refractivity contribution in [3.63, 3.8) is 0 Å². The van der Waals surface area contributed by atoms with Crippen molar-refractivity contribution in [3.8, 4) is 12.5 Å². The molecule has 2 aliphatic rings. The Morgan fingerprint density at radius 3 is 1.58 bits per heavy atom. The molecule has 7 aromatic carbocycles. The van der Waals surface area contributed by atoms with Gasteiger partial charge in [0.05, 0.1) is 37.0 Å². The number of carbonyl (C=O) groups is 2. The second-order valence-corrected chi connectivity index (χ2v) is 17.9. The Bertz CT molecular complexity index is 2950. The number of hydrogen-bond donors (Lipinski definition) is 3. The van der Waals surface area contributed by atoms with Crippen molar-refractivity contribution in [2.75, 3.05) is 20.0 Å². The molecule has 7 aromatic rings. The van der Waals surface area contributed by atoms with Crippen LogP contribution in [0.1, 0.15) is 48.5 Å². The fraction of sp³-hybridized carbons (Fsp3) is 0.0588. The Labute approximate surface area is 397 Å². The number of halogens is 2. The van der Waals surface area contributed by atoms with E-state index >= 15 is 0 Å². The largest absolute Gasteiger partial charge is 0.450 e. The molecule has 4 N–H and O–H groups in total. The summed E-state index contributed by atoms with van der Waals surface area (Å²) in [5.41, 5.74) is 18.3. The number of nitrogens with one attached hydrogen (secondary N) is 2. The minimum absolute atomic E-state index is 0.138. The zero-order chi connectivity index (χ0) is 45.0. The minimum atomic E-state index is -0.300. The van der Waals surface area contributed by atoms with Crippen LogP contribution in [0.3, 0.4) is 0 Å². The number of nitrogen functional groups attached to an aromatic ring is 1. The van der Waals surface area contributed by atoms with Gasteiger partial charge in [-0.3, -0.25) is 14.4 Å². The number of aliphatic imine (C=N–C) groups is 2. The van der Waals surface area contributed by atoms with Crippen LogP contribution in [0, 0.1) is 12.5 Å². The van der Waals surface area contributed by atoms with Crippen molar-refractivity contribution in [1.29, 1.82) is 0 Å². The highest BCUT2D eigenvalue weighted by atomic mass is 79.9. The summed E-state index contributed by atoms with van der Waals surface area (Å²) in [5.74, 6) is -0.438. The molecule has 0 unspecified atom stereocenters. The van der Waals surface area contributed by atoms with Crippen molar-refractivity contribution in [1.82, 2.24) is 10.8 Å². The number of rotatable bonds is 7. The molecule has 0 aromatic heterocycles. The third kappa shape index (κ3) is 11.4. The molecule has 0 saturated heterocycles. The fourth-order valence-corrected chi connectivity index (χ4v) is 9.35. The van der Waals surface area contributed by atoms with Crippen molar-refractivity contribution in [3.05, 3.63) is 206 Å². The molecule has 9 nitrogen and oxygen atoms in total. The van der Waals surface area contributed by atoms with E-state index in [1.54, 1.807) is 35.7 Å². The lowest BCUT2D eigenvalue weighted by atomic mass is 10.0. The molecule has 0 saturated carbocycles. The first-order chi connectivity index (χ1) is 31.1. The third-order valence-electron chi connectivity index (χ3n) is 9.57. The molecule has 0 bridgehead atoms. The number of carbonyl (C=O) groups excluding carboxylic acids is 2. The summed E-state index contributed by atoms with van der Waals surface area (Å²) in [4.78, 5) is 44.0. The van der Waals surface area contributed by atoms with Crippen LogP contribution in [0.2, 0.25) is 0 Å². The van der Waals surface area contributed by atoms with E-state index in [4.69, 9.17) is 20.6 Å². The first kappa shape index (κ1) is 45.6. The number of anilines is 1. The Morgan fingerprint density at radius 2 is 1.11 bits per heavy atom. The Balaban J connectivity index is 0.000000180. The van der Waals surface area contributed by atoms with Crippen LogP contribution in [0.25, 0.3) is 0 Å². The van der Waals surface area contributed by atoms with E-state index < -0.39 is 0 Å². The van der Waals surface area contributed by atoms with Gasteiger partial charge < -0.3 is 15.8 Å². The topological polar surface area (TPSA) is 127 Å². The van der Waals surface area contributed by atoms with E-state index in [-0.39, 0.29) is 11.8 Å². The van der Waals surface area contributed by atoms with Gasteiger partial charge in [0.25, 0.3) is 11.8 Å². The quantitative estimate of drug-likeness (QED) is 0.0824. The van der Waals surface area contributed by atoms with E-state index in [0.29, 0.717) is 23.4 Å². The van der Waals surface area contributed by atoms with Gasteiger partial charge in [0, 0.05) is 74.1 Å². The molecule has 2 amide bonds. The summed E-state index contributed by atoms with van der Waals surface area (Å²) in [6.45, 7) is 0.433. The average molecular weight is 1010 g/mol. The summed E-state index contributed by atoms with van der Waals surface area (Å²) < 4.78 is 6.05. The normalized spacial score (nSPS) is 11.8. The van der Waals surface area contributed by atoms with Gasteiger partial charge in [-0.25, -0.2) is 15.5 Å². The van der Waals surface area contributed by atoms with Gasteiger partial charge in [-0.2, -0.15) is 0 Å². The number of nitrogens with two attached hydrogens (primary N) is 1. The van der Waals surface area contributed by atoms with Gasteiger partial charge in [0.15, 0.2) is 0 Å². The summed E-state index contributed by atoms with van der Waals surface area (Å²) in [7, 11) is 2.86. The van der Waals surface area contributed by atoms with Crippen LogP contribution in [0.4, 0.5) is 17.1 Å². The van der Waals surface area contributed by atoms with Gasteiger partial charge in [0.1, 0.15) is 6.11 Å². The smallest absolute Gasteiger partial charge is 0.274 e. The number of hydrogen-bond acceptors (Lipinski definition) is 9.